The number of hydrogen-bond acceptors (Lipinski definition) is 4. The second-order valence-electron chi connectivity index (χ2n) is 4.99. The molecule has 118 valence electrons. The Bertz CT molecular complexity index is 806. The highest BCUT2D eigenvalue weighted by molar-refractivity contribution is 6.42. The number of ether oxygens (including phenoxy) is 1. The number of hydrogen-bond donors (Lipinski definition) is 2. The van der Waals surface area contributed by atoms with E-state index >= 15 is 0 Å². The van der Waals surface area contributed by atoms with E-state index in [-0.39, 0.29) is 12.5 Å². The maximum Gasteiger partial charge on any atom is 0.262 e. The van der Waals surface area contributed by atoms with Crippen LogP contribution in [-0.4, -0.2) is 18.2 Å². The molecule has 0 aliphatic carbocycles. The minimum Gasteiger partial charge on any atom is -0.482 e. The quantitative estimate of drug-likeness (QED) is 0.645. The van der Waals surface area contributed by atoms with Crippen molar-refractivity contribution in [3.63, 3.8) is 0 Å². The summed E-state index contributed by atoms with van der Waals surface area (Å²) in [7, 11) is 0. The maximum atomic E-state index is 11.4. The molecule has 0 saturated carbocycles. The summed E-state index contributed by atoms with van der Waals surface area (Å²) in [6.45, 7) is 1.90. The summed E-state index contributed by atoms with van der Waals surface area (Å²) < 4.78 is 5.33. The highest BCUT2D eigenvalue weighted by Gasteiger charge is 2.16. The molecule has 2 N–H and O–H groups in total. The Morgan fingerprint density at radius 1 is 1.22 bits per heavy atom. The largest absolute Gasteiger partial charge is 0.482 e. The zero-order valence-corrected chi connectivity index (χ0v) is 13.7. The van der Waals surface area contributed by atoms with Crippen LogP contribution in [0.2, 0.25) is 10.0 Å². The Morgan fingerprint density at radius 2 is 2.04 bits per heavy atom. The van der Waals surface area contributed by atoms with Crippen LogP contribution in [0.3, 0.4) is 0 Å². The summed E-state index contributed by atoms with van der Waals surface area (Å²) in [5.74, 6) is 0.483. The van der Waals surface area contributed by atoms with E-state index in [0.717, 1.165) is 17.0 Å². The molecule has 3 rings (SSSR count). The number of benzene rings is 2. The number of nitrogens with one attached hydrogen (secondary N) is 2. The molecule has 0 fully saturated rings. The monoisotopic (exact) mass is 349 g/mol. The number of carbonyl (C=O) groups is 1. The molecule has 0 spiro atoms. The number of halogens is 2. The van der Waals surface area contributed by atoms with Crippen LogP contribution in [0.5, 0.6) is 5.75 Å². The third-order valence-electron chi connectivity index (χ3n) is 3.30. The van der Waals surface area contributed by atoms with Gasteiger partial charge in [0.25, 0.3) is 5.91 Å². The summed E-state index contributed by atoms with van der Waals surface area (Å²) in [5, 5.41) is 8.03. The van der Waals surface area contributed by atoms with Gasteiger partial charge in [0.2, 0.25) is 0 Å². The van der Waals surface area contributed by atoms with Gasteiger partial charge in [-0.15, -0.1) is 0 Å². The lowest BCUT2D eigenvalue weighted by molar-refractivity contribution is -0.118. The standard InChI is InChI=1S/C16H13Cl2N3O2/c1-9(20-21-11-3-4-12(17)13(18)7-11)10-2-5-15-14(6-10)19-16(22)8-23-15/h2-7,21H,8H2,1H3,(H,19,22)/b20-9-. The fourth-order valence-corrected chi connectivity index (χ4v) is 2.38. The second kappa shape index (κ2) is 6.48. The van der Waals surface area contributed by atoms with Crippen molar-refractivity contribution >= 4 is 46.2 Å². The Kier molecular flexibility index (Phi) is 4.41. The Labute approximate surface area is 143 Å². The molecule has 2 aromatic carbocycles. The van der Waals surface area contributed by atoms with Crippen LogP contribution in [0, 0.1) is 0 Å². The number of anilines is 2. The van der Waals surface area contributed by atoms with Crippen molar-refractivity contribution in [2.24, 2.45) is 5.10 Å². The zero-order valence-electron chi connectivity index (χ0n) is 12.2. The molecule has 1 heterocycles. The Balaban J connectivity index is 1.79. The first kappa shape index (κ1) is 15.6. The molecule has 0 radical (unpaired) electrons. The smallest absolute Gasteiger partial charge is 0.262 e. The van der Waals surface area contributed by atoms with Gasteiger partial charge in [0.05, 0.1) is 27.1 Å². The third-order valence-corrected chi connectivity index (χ3v) is 4.04. The third kappa shape index (κ3) is 3.57. The van der Waals surface area contributed by atoms with E-state index in [1.165, 1.54) is 0 Å². The summed E-state index contributed by atoms with van der Waals surface area (Å²) in [6.07, 6.45) is 0. The lowest BCUT2D eigenvalue weighted by Gasteiger charge is -2.18. The number of hydrazone groups is 1. The molecule has 1 aliphatic rings. The van der Waals surface area contributed by atoms with E-state index in [1.54, 1.807) is 18.2 Å². The van der Waals surface area contributed by atoms with Gasteiger partial charge in [-0.1, -0.05) is 23.2 Å². The fraction of sp³-hybridized carbons (Fsp3) is 0.125. The normalized spacial score (nSPS) is 13.9. The van der Waals surface area contributed by atoms with Crippen LogP contribution >= 0.6 is 23.2 Å². The summed E-state index contributed by atoms with van der Waals surface area (Å²) in [5.41, 5.74) is 5.91. The first-order valence-corrected chi connectivity index (χ1v) is 7.61. The van der Waals surface area contributed by atoms with E-state index < -0.39 is 0 Å². The van der Waals surface area contributed by atoms with Gasteiger partial charge in [-0.05, 0) is 48.9 Å². The molecule has 0 aromatic heterocycles. The average molecular weight is 350 g/mol. The molecular formula is C16H13Cl2N3O2. The van der Waals surface area contributed by atoms with Gasteiger partial charge in [-0.2, -0.15) is 5.10 Å². The Hall–Kier alpha value is -2.24. The highest BCUT2D eigenvalue weighted by Crippen LogP contribution is 2.29. The maximum absolute atomic E-state index is 11.4. The molecule has 0 atom stereocenters. The number of nitrogens with zero attached hydrogens (tertiary/aromatic N) is 1. The first-order valence-electron chi connectivity index (χ1n) is 6.85. The van der Waals surface area contributed by atoms with E-state index in [4.69, 9.17) is 27.9 Å². The van der Waals surface area contributed by atoms with Crippen molar-refractivity contribution in [1.29, 1.82) is 0 Å². The van der Waals surface area contributed by atoms with Gasteiger partial charge in [0, 0.05) is 0 Å². The molecule has 1 amide bonds. The summed E-state index contributed by atoms with van der Waals surface area (Å²) in [6, 6.07) is 10.7. The molecule has 0 saturated heterocycles. The lowest BCUT2D eigenvalue weighted by Crippen LogP contribution is -2.25. The van der Waals surface area contributed by atoms with Crippen molar-refractivity contribution in [3.8, 4) is 5.75 Å². The van der Waals surface area contributed by atoms with Crippen LogP contribution in [0.1, 0.15) is 12.5 Å². The molecule has 0 bridgehead atoms. The first-order chi connectivity index (χ1) is 11.0. The number of fused-ring (bicyclic) bond motifs is 1. The lowest BCUT2D eigenvalue weighted by atomic mass is 10.1. The minimum absolute atomic E-state index is 0.0400. The van der Waals surface area contributed by atoms with Crippen molar-refractivity contribution in [3.05, 3.63) is 52.0 Å². The topological polar surface area (TPSA) is 62.7 Å². The number of rotatable bonds is 3. The molecule has 0 unspecified atom stereocenters. The predicted octanol–water partition coefficient (Wildman–Crippen LogP) is 4.16. The van der Waals surface area contributed by atoms with Crippen LogP contribution in [0.4, 0.5) is 11.4 Å². The fourth-order valence-electron chi connectivity index (χ4n) is 2.09. The van der Waals surface area contributed by atoms with E-state index in [2.05, 4.69) is 15.8 Å². The van der Waals surface area contributed by atoms with Crippen LogP contribution in [0.15, 0.2) is 41.5 Å². The second-order valence-corrected chi connectivity index (χ2v) is 5.80. The van der Waals surface area contributed by atoms with Gasteiger partial charge in [0.15, 0.2) is 6.61 Å². The van der Waals surface area contributed by atoms with Crippen molar-refractivity contribution in [1.82, 2.24) is 0 Å². The van der Waals surface area contributed by atoms with E-state index in [9.17, 15) is 4.79 Å². The SMILES string of the molecule is C/C(=N/Nc1ccc(Cl)c(Cl)c1)c1ccc2c(c1)NC(=O)CO2. The average Bonchev–Trinajstić information content (AvgIpc) is 2.55. The minimum atomic E-state index is -0.168. The van der Waals surface area contributed by atoms with Crippen LogP contribution in [-0.2, 0) is 4.79 Å². The predicted molar refractivity (Wildman–Crippen MR) is 92.9 cm³/mol. The van der Waals surface area contributed by atoms with Gasteiger partial charge in [0.1, 0.15) is 5.75 Å². The molecule has 23 heavy (non-hydrogen) atoms. The van der Waals surface area contributed by atoms with Crippen molar-refractivity contribution in [2.75, 3.05) is 17.3 Å². The van der Waals surface area contributed by atoms with Crippen LogP contribution < -0.4 is 15.5 Å². The summed E-state index contributed by atoms with van der Waals surface area (Å²) >= 11 is 11.8. The highest BCUT2D eigenvalue weighted by atomic mass is 35.5. The van der Waals surface area contributed by atoms with E-state index in [1.807, 2.05) is 25.1 Å². The van der Waals surface area contributed by atoms with Crippen molar-refractivity contribution < 1.29 is 9.53 Å². The molecule has 7 heteroatoms. The molecule has 5 nitrogen and oxygen atoms in total. The zero-order chi connectivity index (χ0) is 16.4. The van der Waals surface area contributed by atoms with Gasteiger partial charge in [-0.3, -0.25) is 10.2 Å². The molecule has 2 aromatic rings. The van der Waals surface area contributed by atoms with Gasteiger partial charge in [-0.25, -0.2) is 0 Å². The van der Waals surface area contributed by atoms with Gasteiger partial charge < -0.3 is 10.1 Å². The number of amides is 1. The van der Waals surface area contributed by atoms with Crippen LogP contribution in [0.25, 0.3) is 0 Å². The van der Waals surface area contributed by atoms with Crippen molar-refractivity contribution in [2.45, 2.75) is 6.92 Å². The molecular weight excluding hydrogens is 337 g/mol. The van der Waals surface area contributed by atoms with Gasteiger partial charge >= 0.3 is 0 Å². The number of carbonyl (C=O) groups excluding carboxylic acids is 1. The Morgan fingerprint density at radius 3 is 2.83 bits per heavy atom. The molecule has 1 aliphatic heterocycles. The summed E-state index contributed by atoms with van der Waals surface area (Å²) in [4.78, 5) is 11.4. The van der Waals surface area contributed by atoms with E-state index in [0.29, 0.717) is 21.5 Å².